The fraction of sp³-hybridized carbons (Fsp3) is 0.750. The highest BCUT2D eigenvalue weighted by atomic mass is 16.4. The van der Waals surface area contributed by atoms with Crippen LogP contribution in [0.5, 0.6) is 0 Å². The van der Waals surface area contributed by atoms with E-state index in [0.717, 1.165) is 6.54 Å². The number of hydrogen-bond donors (Lipinski definition) is 2. The van der Waals surface area contributed by atoms with Crippen molar-refractivity contribution >= 4 is 6.01 Å². The summed E-state index contributed by atoms with van der Waals surface area (Å²) >= 11 is 0. The van der Waals surface area contributed by atoms with Crippen LogP contribution in [0, 0.1) is 0 Å². The lowest BCUT2D eigenvalue weighted by Gasteiger charge is -2.03. The van der Waals surface area contributed by atoms with Crippen molar-refractivity contribution in [3.8, 4) is 0 Å². The third-order valence-electron chi connectivity index (χ3n) is 1.46. The van der Waals surface area contributed by atoms with E-state index < -0.39 is 0 Å². The molecule has 1 aromatic heterocycles. The summed E-state index contributed by atoms with van der Waals surface area (Å²) in [5.41, 5.74) is 0. The molecule has 0 atom stereocenters. The summed E-state index contributed by atoms with van der Waals surface area (Å²) in [5.74, 6) is 0.615. The molecular formula is C8H16N4O. The van der Waals surface area contributed by atoms with Crippen LogP contribution in [0.25, 0.3) is 0 Å². The number of anilines is 1. The highest BCUT2D eigenvalue weighted by Crippen LogP contribution is 2.04. The summed E-state index contributed by atoms with van der Waals surface area (Å²) in [6, 6.07) is 0.914. The minimum atomic E-state index is 0.425. The van der Waals surface area contributed by atoms with Crippen LogP contribution in [-0.4, -0.2) is 22.8 Å². The fourth-order valence-electron chi connectivity index (χ4n) is 0.839. The van der Waals surface area contributed by atoms with Gasteiger partial charge in [0.15, 0.2) is 0 Å². The van der Waals surface area contributed by atoms with E-state index in [2.05, 4.69) is 34.7 Å². The average Bonchev–Trinajstić information content (AvgIpc) is 2.50. The number of aromatic nitrogens is 2. The predicted octanol–water partition coefficient (Wildman–Crippen LogP) is 0.999. The van der Waals surface area contributed by atoms with Gasteiger partial charge < -0.3 is 15.1 Å². The lowest BCUT2D eigenvalue weighted by atomic mass is 10.4. The molecule has 0 radical (unpaired) electrons. The third kappa shape index (κ3) is 3.42. The van der Waals surface area contributed by atoms with E-state index >= 15 is 0 Å². The van der Waals surface area contributed by atoms with Crippen LogP contribution in [0.1, 0.15) is 26.7 Å². The van der Waals surface area contributed by atoms with Crippen molar-refractivity contribution in [3.05, 3.63) is 5.89 Å². The maximum Gasteiger partial charge on any atom is 0.315 e. The van der Waals surface area contributed by atoms with Crippen LogP contribution in [-0.2, 0) is 6.54 Å². The van der Waals surface area contributed by atoms with Gasteiger partial charge in [-0.3, -0.25) is 0 Å². The fourth-order valence-corrected chi connectivity index (χ4v) is 0.839. The summed E-state index contributed by atoms with van der Waals surface area (Å²) < 4.78 is 5.28. The molecule has 0 aliphatic heterocycles. The molecule has 0 aromatic carbocycles. The summed E-state index contributed by atoms with van der Waals surface area (Å²) in [7, 11) is 0. The second-order valence-electron chi connectivity index (χ2n) is 3.07. The number of rotatable bonds is 5. The van der Waals surface area contributed by atoms with Crippen molar-refractivity contribution in [2.45, 2.75) is 33.4 Å². The maximum atomic E-state index is 5.28. The molecule has 0 spiro atoms. The zero-order chi connectivity index (χ0) is 9.68. The standard InChI is InChI=1S/C8H16N4O/c1-4-9-8-12-11-7(13-8)5-10-6(2)3/h6,10H,4-5H2,1-3H3,(H,9,12). The zero-order valence-corrected chi connectivity index (χ0v) is 8.29. The monoisotopic (exact) mass is 184 g/mol. The molecule has 74 valence electrons. The van der Waals surface area contributed by atoms with E-state index in [1.54, 1.807) is 0 Å². The van der Waals surface area contributed by atoms with Gasteiger partial charge in [0, 0.05) is 12.6 Å². The minimum absolute atomic E-state index is 0.425. The van der Waals surface area contributed by atoms with Crippen LogP contribution in [0.3, 0.4) is 0 Å². The molecule has 13 heavy (non-hydrogen) atoms. The molecule has 0 amide bonds. The van der Waals surface area contributed by atoms with Crippen molar-refractivity contribution in [3.63, 3.8) is 0 Å². The minimum Gasteiger partial charge on any atom is -0.407 e. The molecule has 1 aromatic rings. The number of hydrogen-bond acceptors (Lipinski definition) is 5. The Morgan fingerprint density at radius 2 is 2.15 bits per heavy atom. The maximum absolute atomic E-state index is 5.28. The average molecular weight is 184 g/mol. The van der Waals surface area contributed by atoms with Crippen LogP contribution in [0.4, 0.5) is 6.01 Å². The summed E-state index contributed by atoms with van der Waals surface area (Å²) in [6.07, 6.45) is 0. The molecule has 0 saturated heterocycles. The van der Waals surface area contributed by atoms with Gasteiger partial charge in [-0.15, -0.1) is 5.10 Å². The molecular weight excluding hydrogens is 168 g/mol. The van der Waals surface area contributed by atoms with Crippen LogP contribution in [0.2, 0.25) is 0 Å². The number of nitrogens with zero attached hydrogens (tertiary/aromatic N) is 2. The van der Waals surface area contributed by atoms with Crippen LogP contribution in [0.15, 0.2) is 4.42 Å². The van der Waals surface area contributed by atoms with Crippen molar-refractivity contribution in [1.29, 1.82) is 0 Å². The van der Waals surface area contributed by atoms with E-state index in [4.69, 9.17) is 4.42 Å². The van der Waals surface area contributed by atoms with Gasteiger partial charge >= 0.3 is 6.01 Å². The second kappa shape index (κ2) is 4.81. The van der Waals surface area contributed by atoms with Crippen LogP contribution < -0.4 is 10.6 Å². The van der Waals surface area contributed by atoms with Gasteiger partial charge in [-0.1, -0.05) is 18.9 Å². The molecule has 5 heteroatoms. The Morgan fingerprint density at radius 1 is 1.38 bits per heavy atom. The largest absolute Gasteiger partial charge is 0.407 e. The Balaban J connectivity index is 2.39. The molecule has 0 fully saturated rings. The van der Waals surface area contributed by atoms with Crippen molar-refractivity contribution in [1.82, 2.24) is 15.5 Å². The van der Waals surface area contributed by atoms with Gasteiger partial charge in [-0.2, -0.15) is 0 Å². The predicted molar refractivity (Wildman–Crippen MR) is 50.4 cm³/mol. The van der Waals surface area contributed by atoms with Crippen LogP contribution >= 0.6 is 0 Å². The van der Waals surface area contributed by atoms with E-state index in [1.807, 2.05) is 6.92 Å². The highest BCUT2D eigenvalue weighted by molar-refractivity contribution is 5.15. The number of nitrogens with one attached hydrogen (secondary N) is 2. The zero-order valence-electron chi connectivity index (χ0n) is 8.29. The lowest BCUT2D eigenvalue weighted by Crippen LogP contribution is -2.21. The molecule has 0 bridgehead atoms. The Bertz CT molecular complexity index is 246. The Labute approximate surface area is 77.9 Å². The van der Waals surface area contributed by atoms with Crippen molar-refractivity contribution in [2.75, 3.05) is 11.9 Å². The lowest BCUT2D eigenvalue weighted by molar-refractivity contribution is 0.459. The molecule has 5 nitrogen and oxygen atoms in total. The molecule has 0 aliphatic rings. The SMILES string of the molecule is CCNc1nnc(CNC(C)C)o1. The van der Waals surface area contributed by atoms with Gasteiger partial charge in [0.05, 0.1) is 6.54 Å². The first-order chi connectivity index (χ1) is 6.22. The first-order valence-corrected chi connectivity index (χ1v) is 4.52. The van der Waals surface area contributed by atoms with Crippen molar-refractivity contribution in [2.24, 2.45) is 0 Å². The Morgan fingerprint density at radius 3 is 2.77 bits per heavy atom. The van der Waals surface area contributed by atoms with E-state index in [-0.39, 0.29) is 0 Å². The smallest absolute Gasteiger partial charge is 0.315 e. The molecule has 0 unspecified atom stereocenters. The van der Waals surface area contributed by atoms with E-state index in [0.29, 0.717) is 24.5 Å². The van der Waals surface area contributed by atoms with Gasteiger partial charge in [-0.05, 0) is 6.92 Å². The Kier molecular flexibility index (Phi) is 3.70. The topological polar surface area (TPSA) is 63.0 Å². The summed E-state index contributed by atoms with van der Waals surface area (Å²) in [6.45, 7) is 7.54. The van der Waals surface area contributed by atoms with Gasteiger partial charge in [0.25, 0.3) is 0 Å². The first kappa shape index (κ1) is 9.98. The molecule has 1 rings (SSSR count). The Hall–Kier alpha value is -1.10. The quantitative estimate of drug-likeness (QED) is 0.714. The van der Waals surface area contributed by atoms with E-state index in [9.17, 15) is 0 Å². The van der Waals surface area contributed by atoms with Gasteiger partial charge in [-0.25, -0.2) is 0 Å². The molecule has 1 heterocycles. The normalized spacial score (nSPS) is 10.8. The third-order valence-corrected chi connectivity index (χ3v) is 1.46. The van der Waals surface area contributed by atoms with Gasteiger partial charge in [0.1, 0.15) is 0 Å². The summed E-state index contributed by atoms with van der Waals surface area (Å²) in [4.78, 5) is 0. The molecule has 0 aliphatic carbocycles. The second-order valence-corrected chi connectivity index (χ2v) is 3.07. The van der Waals surface area contributed by atoms with Gasteiger partial charge in [0.2, 0.25) is 5.89 Å². The van der Waals surface area contributed by atoms with Crippen molar-refractivity contribution < 1.29 is 4.42 Å². The highest BCUT2D eigenvalue weighted by Gasteiger charge is 2.04. The molecule has 2 N–H and O–H groups in total. The van der Waals surface area contributed by atoms with E-state index in [1.165, 1.54) is 0 Å². The molecule has 0 saturated carbocycles. The first-order valence-electron chi connectivity index (χ1n) is 4.52. The summed E-state index contributed by atoms with van der Waals surface area (Å²) in [5, 5.41) is 13.8.